The summed E-state index contributed by atoms with van der Waals surface area (Å²) in [4.78, 5) is 33.8. The number of thiazole rings is 1. The Bertz CT molecular complexity index is 1360. The molecule has 0 radical (unpaired) electrons. The van der Waals surface area contributed by atoms with Gasteiger partial charge >= 0.3 is 5.97 Å². The minimum Gasteiger partial charge on any atom is -0.493 e. The Labute approximate surface area is 194 Å². The van der Waals surface area contributed by atoms with E-state index >= 15 is 0 Å². The zero-order valence-corrected chi connectivity index (χ0v) is 19.3. The van der Waals surface area contributed by atoms with Crippen LogP contribution in [0.3, 0.4) is 0 Å². The molecule has 0 bridgehead atoms. The normalized spacial score (nSPS) is 10.9. The molecule has 0 N–H and O–H groups in total. The summed E-state index contributed by atoms with van der Waals surface area (Å²) in [6.07, 6.45) is 0.425. The smallest absolute Gasteiger partial charge is 0.306 e. The number of nitrogens with zero attached hydrogens (tertiary/aromatic N) is 3. The molecule has 0 aliphatic carbocycles. The summed E-state index contributed by atoms with van der Waals surface area (Å²) in [5.74, 6) is 1.43. The fraction of sp³-hybridized carbons (Fsp3) is 0.250. The van der Waals surface area contributed by atoms with Gasteiger partial charge in [-0.3, -0.25) is 14.2 Å². The van der Waals surface area contributed by atoms with Crippen LogP contribution in [0.15, 0.2) is 52.6 Å². The predicted molar refractivity (Wildman–Crippen MR) is 126 cm³/mol. The van der Waals surface area contributed by atoms with Crippen LogP contribution in [0.25, 0.3) is 21.5 Å². The summed E-state index contributed by atoms with van der Waals surface area (Å²) < 4.78 is 17.5. The first-order chi connectivity index (χ1) is 16.0. The molecule has 0 amide bonds. The van der Waals surface area contributed by atoms with Gasteiger partial charge in [0.05, 0.1) is 37.2 Å². The van der Waals surface area contributed by atoms with E-state index in [1.54, 1.807) is 39.5 Å². The Kier molecular flexibility index (Phi) is 6.69. The van der Waals surface area contributed by atoms with Gasteiger partial charge in [0.1, 0.15) is 17.4 Å². The average Bonchev–Trinajstić information content (AvgIpc) is 3.32. The number of para-hydroxylation sites is 1. The van der Waals surface area contributed by atoms with Gasteiger partial charge in [0.15, 0.2) is 11.5 Å². The van der Waals surface area contributed by atoms with Gasteiger partial charge in [-0.25, -0.2) is 9.97 Å². The Morgan fingerprint density at radius 3 is 2.64 bits per heavy atom. The van der Waals surface area contributed by atoms with Crippen molar-refractivity contribution in [1.82, 2.24) is 14.5 Å². The van der Waals surface area contributed by atoms with Gasteiger partial charge in [0, 0.05) is 24.4 Å². The summed E-state index contributed by atoms with van der Waals surface area (Å²) in [7, 11) is 4.83. The van der Waals surface area contributed by atoms with Gasteiger partial charge in [-0.15, -0.1) is 11.3 Å². The number of esters is 1. The number of carbonyl (C=O) groups is 1. The Morgan fingerprint density at radius 2 is 1.85 bits per heavy atom. The van der Waals surface area contributed by atoms with Crippen molar-refractivity contribution in [3.8, 4) is 22.1 Å². The monoisotopic (exact) mass is 465 g/mol. The SMILES string of the molecule is COc1ccc(-c2nc(COC(=O)CCc3nc4ccccc4c(=O)n3C)cs2)cc1OC. The molecule has 2 aromatic carbocycles. The van der Waals surface area contributed by atoms with Crippen LogP contribution >= 0.6 is 11.3 Å². The van der Waals surface area contributed by atoms with E-state index in [1.165, 1.54) is 15.9 Å². The van der Waals surface area contributed by atoms with Crippen LogP contribution in [0.2, 0.25) is 0 Å². The summed E-state index contributed by atoms with van der Waals surface area (Å²) >= 11 is 1.45. The third-order valence-corrected chi connectivity index (χ3v) is 6.13. The summed E-state index contributed by atoms with van der Waals surface area (Å²) in [5.41, 5.74) is 2.04. The van der Waals surface area contributed by atoms with Crippen molar-refractivity contribution in [2.75, 3.05) is 14.2 Å². The molecule has 9 heteroatoms. The molecule has 0 unspecified atom stereocenters. The molecule has 4 aromatic rings. The van der Waals surface area contributed by atoms with Crippen LogP contribution in [0, 0.1) is 0 Å². The fourth-order valence-electron chi connectivity index (χ4n) is 3.40. The molecule has 0 fully saturated rings. The highest BCUT2D eigenvalue weighted by molar-refractivity contribution is 7.13. The van der Waals surface area contributed by atoms with Gasteiger partial charge in [-0.1, -0.05) is 12.1 Å². The third-order valence-electron chi connectivity index (χ3n) is 5.19. The standard InChI is InChI=1S/C24H23N3O5S/c1-27-21(26-18-7-5-4-6-17(18)24(27)29)10-11-22(28)32-13-16-14-33-23(25-16)15-8-9-19(30-2)20(12-15)31-3/h4-9,12,14H,10-11,13H2,1-3H3. The number of hydrogen-bond acceptors (Lipinski definition) is 8. The molecule has 0 aliphatic rings. The zero-order valence-electron chi connectivity index (χ0n) is 18.5. The topological polar surface area (TPSA) is 92.5 Å². The molecule has 2 aromatic heterocycles. The number of aromatic nitrogens is 3. The van der Waals surface area contributed by atoms with Crippen molar-refractivity contribution >= 4 is 28.2 Å². The van der Waals surface area contributed by atoms with Crippen LogP contribution in [-0.2, 0) is 29.6 Å². The molecular weight excluding hydrogens is 442 g/mol. The highest BCUT2D eigenvalue weighted by Gasteiger charge is 2.13. The van der Waals surface area contributed by atoms with E-state index in [4.69, 9.17) is 14.2 Å². The highest BCUT2D eigenvalue weighted by Crippen LogP contribution is 2.33. The van der Waals surface area contributed by atoms with E-state index in [0.29, 0.717) is 40.3 Å². The van der Waals surface area contributed by atoms with E-state index in [0.717, 1.165) is 10.6 Å². The number of fused-ring (bicyclic) bond motifs is 1. The van der Waals surface area contributed by atoms with Crippen molar-refractivity contribution in [2.45, 2.75) is 19.4 Å². The first-order valence-electron chi connectivity index (χ1n) is 10.3. The van der Waals surface area contributed by atoms with Gasteiger partial charge in [0.2, 0.25) is 0 Å². The summed E-state index contributed by atoms with van der Waals surface area (Å²) in [6.45, 7) is 0.0761. The van der Waals surface area contributed by atoms with Crippen LogP contribution in [0.5, 0.6) is 11.5 Å². The maximum atomic E-state index is 12.5. The number of benzene rings is 2. The second-order valence-electron chi connectivity index (χ2n) is 7.28. The number of carbonyl (C=O) groups excluding carboxylic acids is 1. The van der Waals surface area contributed by atoms with Crippen molar-refractivity contribution in [3.63, 3.8) is 0 Å². The lowest BCUT2D eigenvalue weighted by molar-refractivity contribution is -0.145. The lowest BCUT2D eigenvalue weighted by Crippen LogP contribution is -2.23. The van der Waals surface area contributed by atoms with E-state index in [2.05, 4.69) is 9.97 Å². The lowest BCUT2D eigenvalue weighted by atomic mass is 10.2. The lowest BCUT2D eigenvalue weighted by Gasteiger charge is -2.09. The van der Waals surface area contributed by atoms with Crippen LogP contribution in [-0.4, -0.2) is 34.7 Å². The molecule has 33 heavy (non-hydrogen) atoms. The number of aryl methyl sites for hydroxylation is 1. The molecule has 0 saturated heterocycles. The molecule has 170 valence electrons. The number of hydrogen-bond donors (Lipinski definition) is 0. The molecule has 4 rings (SSSR count). The van der Waals surface area contributed by atoms with Crippen LogP contribution in [0.1, 0.15) is 17.9 Å². The van der Waals surface area contributed by atoms with E-state index in [9.17, 15) is 9.59 Å². The Balaban J connectivity index is 1.37. The van der Waals surface area contributed by atoms with Gasteiger partial charge < -0.3 is 14.2 Å². The molecule has 8 nitrogen and oxygen atoms in total. The number of ether oxygens (including phenoxy) is 3. The van der Waals surface area contributed by atoms with Crippen molar-refractivity contribution in [1.29, 1.82) is 0 Å². The quantitative estimate of drug-likeness (QED) is 0.366. The minimum atomic E-state index is -0.377. The predicted octanol–water partition coefficient (Wildman–Crippen LogP) is 3.75. The summed E-state index contributed by atoms with van der Waals surface area (Å²) in [5, 5.41) is 3.20. The molecule has 0 saturated carbocycles. The molecular formula is C24H23N3O5S. The van der Waals surface area contributed by atoms with E-state index < -0.39 is 0 Å². The van der Waals surface area contributed by atoms with Gasteiger partial charge in [0.25, 0.3) is 5.56 Å². The second-order valence-corrected chi connectivity index (χ2v) is 8.14. The van der Waals surface area contributed by atoms with Crippen LogP contribution < -0.4 is 15.0 Å². The van der Waals surface area contributed by atoms with Crippen LogP contribution in [0.4, 0.5) is 0 Å². The molecule has 0 spiro atoms. The maximum absolute atomic E-state index is 12.5. The first kappa shape index (κ1) is 22.5. The molecule has 2 heterocycles. The number of rotatable bonds is 8. The number of methoxy groups -OCH3 is 2. The van der Waals surface area contributed by atoms with Gasteiger partial charge in [-0.05, 0) is 30.3 Å². The summed E-state index contributed by atoms with van der Waals surface area (Å²) in [6, 6.07) is 12.7. The Hall–Kier alpha value is -3.72. The van der Waals surface area contributed by atoms with Gasteiger partial charge in [-0.2, -0.15) is 0 Å². The average molecular weight is 466 g/mol. The van der Waals surface area contributed by atoms with Crippen molar-refractivity contribution in [2.24, 2.45) is 7.05 Å². The minimum absolute atomic E-state index is 0.0761. The van der Waals surface area contributed by atoms with Crippen molar-refractivity contribution in [3.05, 3.63) is 69.7 Å². The maximum Gasteiger partial charge on any atom is 0.306 e. The fourth-order valence-corrected chi connectivity index (χ4v) is 4.20. The highest BCUT2D eigenvalue weighted by atomic mass is 32.1. The molecule has 0 atom stereocenters. The first-order valence-corrected chi connectivity index (χ1v) is 11.1. The zero-order chi connectivity index (χ0) is 23.4. The molecule has 0 aliphatic heterocycles. The van der Waals surface area contributed by atoms with E-state index in [-0.39, 0.29) is 24.6 Å². The largest absolute Gasteiger partial charge is 0.493 e. The third kappa shape index (κ3) is 4.88. The van der Waals surface area contributed by atoms with E-state index in [1.807, 2.05) is 29.6 Å². The Morgan fingerprint density at radius 1 is 1.06 bits per heavy atom. The van der Waals surface area contributed by atoms with Crippen molar-refractivity contribution < 1.29 is 19.0 Å². The second kappa shape index (κ2) is 9.83.